The Morgan fingerprint density at radius 3 is 1.56 bits per heavy atom. The molecule has 0 aliphatic heterocycles. The van der Waals surface area contributed by atoms with Crippen molar-refractivity contribution >= 4 is 0 Å². The summed E-state index contributed by atoms with van der Waals surface area (Å²) in [5, 5.41) is 0. The fraction of sp³-hybridized carbons (Fsp3) is 0.333. The molecule has 0 rings (SSSR count). The average Bonchev–Trinajstić information content (AvgIpc) is 1.69. The Bertz CT molecular complexity index is 56.1. The predicted octanol–water partition coefficient (Wildman–Crippen LogP) is -3.71. The maximum Gasteiger partial charge on any atom is -1.00 e. The predicted molar refractivity (Wildman–Crippen MR) is 30.0 cm³/mol. The van der Waals surface area contributed by atoms with E-state index in [1.807, 2.05) is 12.2 Å². The molecule has 0 aromatic rings. The van der Waals surface area contributed by atoms with E-state index >= 15 is 0 Å². The zero-order chi connectivity index (χ0) is 5.54. The van der Waals surface area contributed by atoms with Gasteiger partial charge in [-0.1, -0.05) is 0 Å². The molecule has 0 bridgehead atoms. The van der Waals surface area contributed by atoms with Gasteiger partial charge in [-0.2, -0.15) is 0 Å². The van der Waals surface area contributed by atoms with Crippen LogP contribution in [0.3, 0.4) is 0 Å². The zero-order valence-electron chi connectivity index (χ0n) is 5.24. The normalized spacial score (nSPS) is 5.33. The number of halogens is 2. The minimum absolute atomic E-state index is 0. The molecule has 0 aromatic carbocycles. The van der Waals surface area contributed by atoms with E-state index in [0.717, 1.165) is 0 Å². The van der Waals surface area contributed by atoms with Crippen molar-refractivity contribution in [2.75, 3.05) is 0 Å². The van der Waals surface area contributed by atoms with Crippen LogP contribution >= 0.6 is 0 Å². The fourth-order valence-corrected chi connectivity index (χ4v) is 1.19. The second kappa shape index (κ2) is 15.9. The Morgan fingerprint density at radius 2 is 1.33 bits per heavy atom. The van der Waals surface area contributed by atoms with Crippen molar-refractivity contribution in [1.82, 2.24) is 0 Å². The SMILES string of the molecule is C=C[CH2][Ti+2][CH2]C=C.[Cl-].[Cl-]. The first-order valence-electron chi connectivity index (χ1n) is 2.34. The topological polar surface area (TPSA) is 0 Å². The maximum absolute atomic E-state index is 3.63. The molecular weight excluding hydrogens is 191 g/mol. The quantitative estimate of drug-likeness (QED) is 0.249. The summed E-state index contributed by atoms with van der Waals surface area (Å²) in [6.07, 6.45) is 3.98. The Hall–Kier alpha value is 0.774. The van der Waals surface area contributed by atoms with Gasteiger partial charge in [0.05, 0.1) is 0 Å². The monoisotopic (exact) mass is 200 g/mol. The molecule has 0 heterocycles. The summed E-state index contributed by atoms with van der Waals surface area (Å²) in [6.45, 7) is 7.26. The standard InChI is InChI=1S/2C3H5.2ClH.Ti/c2*1-3-2;;;/h2*3H,1-2H2;2*1H;/q;;;;+2/p-2. The van der Waals surface area contributed by atoms with Crippen molar-refractivity contribution in [2.24, 2.45) is 0 Å². The summed E-state index contributed by atoms with van der Waals surface area (Å²) in [5.74, 6) is 0. The number of allylic oxidation sites excluding steroid dienone is 2. The minimum Gasteiger partial charge on any atom is -1.00 e. The van der Waals surface area contributed by atoms with Gasteiger partial charge in [-0.15, -0.1) is 0 Å². The van der Waals surface area contributed by atoms with Gasteiger partial charge in [-0.3, -0.25) is 0 Å². The van der Waals surface area contributed by atoms with Gasteiger partial charge in [0, 0.05) is 0 Å². The van der Waals surface area contributed by atoms with Crippen LogP contribution < -0.4 is 24.8 Å². The van der Waals surface area contributed by atoms with Crippen molar-refractivity contribution in [3.8, 4) is 0 Å². The number of hydrogen-bond acceptors (Lipinski definition) is 0. The molecule has 9 heavy (non-hydrogen) atoms. The summed E-state index contributed by atoms with van der Waals surface area (Å²) in [6, 6.07) is 0. The Morgan fingerprint density at radius 1 is 1.00 bits per heavy atom. The third kappa shape index (κ3) is 17.7. The molecule has 0 unspecified atom stereocenters. The summed E-state index contributed by atoms with van der Waals surface area (Å²) < 4.78 is 2.48. The van der Waals surface area contributed by atoms with Crippen LogP contribution in [0.4, 0.5) is 0 Å². The Balaban J connectivity index is -0.000000180. The molecule has 0 saturated carbocycles. The van der Waals surface area contributed by atoms with E-state index in [1.54, 1.807) is 0 Å². The van der Waals surface area contributed by atoms with Gasteiger partial charge >= 0.3 is 53.9 Å². The molecule has 0 N–H and O–H groups in total. The van der Waals surface area contributed by atoms with Crippen LogP contribution in [0.5, 0.6) is 0 Å². The Labute approximate surface area is 78.5 Å². The van der Waals surface area contributed by atoms with E-state index in [0.29, 0.717) is 0 Å². The van der Waals surface area contributed by atoms with Gasteiger partial charge in [-0.25, -0.2) is 0 Å². The third-order valence-electron chi connectivity index (χ3n) is 0.577. The van der Waals surface area contributed by atoms with Crippen molar-refractivity contribution in [2.45, 2.75) is 9.45 Å². The van der Waals surface area contributed by atoms with Crippen LogP contribution in [0.15, 0.2) is 25.3 Å². The molecule has 0 saturated heterocycles. The van der Waals surface area contributed by atoms with Crippen LogP contribution in [-0.2, 0) is 19.2 Å². The molecule has 0 fully saturated rings. The first kappa shape index (κ1) is 16.4. The average molecular weight is 201 g/mol. The maximum atomic E-state index is 3.63. The van der Waals surface area contributed by atoms with Crippen LogP contribution in [0.1, 0.15) is 0 Å². The van der Waals surface area contributed by atoms with Gasteiger partial charge < -0.3 is 24.8 Å². The summed E-state index contributed by atoms with van der Waals surface area (Å²) in [4.78, 5) is 0. The molecule has 52 valence electrons. The van der Waals surface area contributed by atoms with E-state index in [2.05, 4.69) is 13.2 Å². The van der Waals surface area contributed by atoms with E-state index in [4.69, 9.17) is 0 Å². The van der Waals surface area contributed by atoms with E-state index < -0.39 is 0 Å². The van der Waals surface area contributed by atoms with Crippen LogP contribution in [0, 0.1) is 0 Å². The molecule has 0 aliphatic carbocycles. The molecular formula is C6H10Cl2Ti. The number of hydrogen-bond donors (Lipinski definition) is 0. The summed E-state index contributed by atoms with van der Waals surface area (Å²) in [5.41, 5.74) is 0. The molecule has 3 heteroatoms. The van der Waals surface area contributed by atoms with Crippen LogP contribution in [0.2, 0.25) is 9.45 Å². The molecule has 0 spiro atoms. The first-order valence-corrected chi connectivity index (χ1v) is 4.55. The van der Waals surface area contributed by atoms with E-state index in [1.165, 1.54) is 9.45 Å². The second-order valence-electron chi connectivity index (χ2n) is 1.24. The Kier molecular flexibility index (Phi) is 29.0. The third-order valence-corrected chi connectivity index (χ3v) is 2.38. The molecule has 0 nitrogen and oxygen atoms in total. The van der Waals surface area contributed by atoms with Gasteiger partial charge in [-0.05, 0) is 0 Å². The van der Waals surface area contributed by atoms with E-state index in [-0.39, 0.29) is 44.0 Å². The number of rotatable bonds is 4. The second-order valence-corrected chi connectivity index (χ2v) is 3.29. The van der Waals surface area contributed by atoms with Crippen LogP contribution in [-0.4, -0.2) is 0 Å². The first-order chi connectivity index (χ1) is 3.41. The van der Waals surface area contributed by atoms with Crippen LogP contribution in [0.25, 0.3) is 0 Å². The summed E-state index contributed by atoms with van der Waals surface area (Å²) in [7, 11) is 0. The smallest absolute Gasteiger partial charge is 1.00 e. The molecule has 0 aliphatic rings. The van der Waals surface area contributed by atoms with E-state index in [9.17, 15) is 0 Å². The molecule has 0 amide bonds. The summed E-state index contributed by atoms with van der Waals surface area (Å²) >= 11 is 0.278. The van der Waals surface area contributed by atoms with Gasteiger partial charge in [0.25, 0.3) is 0 Å². The van der Waals surface area contributed by atoms with Crippen molar-refractivity contribution in [3.63, 3.8) is 0 Å². The fourth-order valence-electron chi connectivity index (χ4n) is 0.287. The largest absolute Gasteiger partial charge is 1.00 e. The van der Waals surface area contributed by atoms with Crippen molar-refractivity contribution < 1.29 is 44.0 Å². The van der Waals surface area contributed by atoms with Gasteiger partial charge in [0.2, 0.25) is 0 Å². The molecule has 0 aromatic heterocycles. The minimum atomic E-state index is 0. The zero-order valence-corrected chi connectivity index (χ0v) is 8.31. The van der Waals surface area contributed by atoms with Gasteiger partial charge in [0.1, 0.15) is 0 Å². The molecule has 0 radical (unpaired) electrons. The van der Waals surface area contributed by atoms with Gasteiger partial charge in [0.15, 0.2) is 0 Å². The molecule has 0 atom stereocenters. The van der Waals surface area contributed by atoms with Crippen molar-refractivity contribution in [1.29, 1.82) is 0 Å². The van der Waals surface area contributed by atoms with Crippen molar-refractivity contribution in [3.05, 3.63) is 25.3 Å².